The van der Waals surface area contributed by atoms with E-state index in [4.69, 9.17) is 38.5 Å². The Bertz CT molecular complexity index is 2360. The van der Waals surface area contributed by atoms with Crippen molar-refractivity contribution < 1.29 is 138 Å². The number of carboxylic acids is 1. The van der Waals surface area contributed by atoms with Crippen LogP contribution in [0.15, 0.2) is 23.4 Å². The number of rotatable bonds is 9. The number of aliphatic carboxylic acids is 1. The van der Waals surface area contributed by atoms with Crippen molar-refractivity contribution in [2.45, 2.75) is 272 Å². The Balaban J connectivity index is 0. The molecule has 20 nitrogen and oxygen atoms in total. The first kappa shape index (κ1) is 84.3. The van der Waals surface area contributed by atoms with Gasteiger partial charge >= 0.3 is 82.1 Å². The number of carbonyl (C=O) groups excluding carboxylic acids is 7. The predicted octanol–water partition coefficient (Wildman–Crippen LogP) is 8.40. The molecule has 2 atom stereocenters. The molecule has 1 saturated heterocycles. The second kappa shape index (κ2) is 36.2. The first-order chi connectivity index (χ1) is 38.0. The van der Waals surface area contributed by atoms with Crippen LogP contribution in [0.1, 0.15) is 233 Å². The van der Waals surface area contributed by atoms with Gasteiger partial charge < -0.3 is 48.1 Å². The summed E-state index contributed by atoms with van der Waals surface area (Å²) in [6.45, 7) is 32.1. The Hall–Kier alpha value is -3.72. The normalized spacial score (nSPS) is 21.1. The molecule has 0 amide bonds. The van der Waals surface area contributed by atoms with Gasteiger partial charge in [0, 0.05) is 44.9 Å². The van der Waals surface area contributed by atoms with Gasteiger partial charge in [-0.25, -0.2) is 0 Å². The van der Waals surface area contributed by atoms with E-state index in [1.807, 2.05) is 41.5 Å². The summed E-state index contributed by atoms with van der Waals surface area (Å²) < 4.78 is 95.1. The second-order valence-corrected chi connectivity index (χ2v) is 28.3. The average Bonchev–Trinajstić information content (AvgIpc) is 2.68. The Morgan fingerprint density at radius 3 is 1.14 bits per heavy atom. The number of carboxylic acid groups (broad SMARTS) is 1. The van der Waals surface area contributed by atoms with Crippen molar-refractivity contribution in [2.75, 3.05) is 6.61 Å². The Morgan fingerprint density at radius 1 is 0.558 bits per heavy atom. The molecule has 0 aromatic carbocycles. The van der Waals surface area contributed by atoms with Crippen LogP contribution in [0.2, 0.25) is 0 Å². The number of hydrogen-bond donors (Lipinski definition) is 2. The van der Waals surface area contributed by atoms with E-state index in [2.05, 4.69) is 38.0 Å². The molecule has 0 spiro atoms. The zero-order chi connectivity index (χ0) is 65.0. The molecule has 2 unspecified atom stereocenters. The van der Waals surface area contributed by atoms with Gasteiger partial charge in [0.2, 0.25) is 0 Å². The minimum atomic E-state index is -5.65. The molecule has 4 fully saturated rings. The van der Waals surface area contributed by atoms with Crippen LogP contribution in [0.3, 0.4) is 0 Å². The minimum absolute atomic E-state index is 0. The zero-order valence-electron chi connectivity index (χ0n) is 54.4. The molecule has 0 aromatic heterocycles. The topological polar surface area (TPSA) is 306 Å². The molecule has 26 heteroatoms. The number of ketones is 3. The number of carbonyl (C=O) groups is 8. The van der Waals surface area contributed by atoms with Gasteiger partial charge in [-0.2, -0.15) is 21.6 Å². The maximum absolute atomic E-state index is 12.2. The summed E-state index contributed by atoms with van der Waals surface area (Å²) in [5, 5.41) is 17.0. The Kier molecular flexibility index (Phi) is 35.5. The Labute approximate surface area is 531 Å². The van der Waals surface area contributed by atoms with Gasteiger partial charge in [0.25, 0.3) is 0 Å². The molecule has 0 bridgehead atoms. The number of ether oxygens (including phenoxy) is 4. The van der Waals surface area contributed by atoms with Gasteiger partial charge in [-0.05, 0) is 200 Å². The fourth-order valence-electron chi connectivity index (χ4n) is 8.52. The van der Waals surface area contributed by atoms with E-state index in [9.17, 15) is 59.9 Å². The van der Waals surface area contributed by atoms with Gasteiger partial charge in [0.15, 0.2) is 0 Å². The van der Waals surface area contributed by atoms with E-state index in [0.29, 0.717) is 90.1 Å². The van der Waals surface area contributed by atoms with Crippen molar-refractivity contribution in [3.05, 3.63) is 23.4 Å². The number of aliphatic hydroxyl groups is 1. The smallest absolute Gasteiger partial charge is 0.870 e. The van der Waals surface area contributed by atoms with Crippen LogP contribution in [0.25, 0.3) is 0 Å². The quantitative estimate of drug-likeness (QED) is 0.0719. The van der Waals surface area contributed by atoms with E-state index >= 15 is 0 Å². The maximum Gasteiger partial charge on any atom is 1.00 e. The van der Waals surface area contributed by atoms with Gasteiger partial charge in [-0.15, -0.1) is 0 Å². The molecule has 1 heterocycles. The molecule has 86 heavy (non-hydrogen) atoms. The van der Waals surface area contributed by atoms with E-state index in [1.165, 1.54) is 6.08 Å². The summed E-state index contributed by atoms with van der Waals surface area (Å²) in [4.78, 5) is 89.5. The molecule has 0 aromatic rings. The predicted molar refractivity (Wildman–Crippen MR) is 310 cm³/mol. The van der Waals surface area contributed by atoms with E-state index in [-0.39, 0.29) is 137 Å². The molecule has 6 aliphatic rings. The number of halogens is 3. The third kappa shape index (κ3) is 34.3. The minimum Gasteiger partial charge on any atom is -0.870 e. The fourth-order valence-corrected chi connectivity index (χ4v) is 9.05. The summed E-state index contributed by atoms with van der Waals surface area (Å²) in [5.74, 6) is -2.07. The zero-order valence-corrected chi connectivity index (χ0v) is 57.2. The SMILES string of the molecule is CC(C)(C)O.CC(C)(C)OC(=O)C1CC=C(B2OC(C)(C)C(C)(C)O2)CC1.CC(C)(C)OC(=O)C1CC=C(OS(=O)(=O)C(F)(F)F)CC1.CC(C)(C)OC(=O)C1CCC(=O)CC1.CCOC(=O)C1CCC(=O)CC1.O=C1CCC(C(=O)O)CC1.[Na+].[OH-]. The van der Waals surface area contributed by atoms with Crippen LogP contribution in [-0.2, 0) is 80.9 Å². The summed E-state index contributed by atoms with van der Waals surface area (Å²) in [5.41, 5.74) is -6.95. The van der Waals surface area contributed by atoms with Crippen LogP contribution in [-0.4, -0.2) is 124 Å². The van der Waals surface area contributed by atoms with Gasteiger partial charge in [0.05, 0.1) is 53.0 Å². The standard InChI is InChI=1S/C17H29BO4.C12H17F3O5S.C11H18O3.C9H14O3.C7H10O3.C4H10O.Na.H2O/c1-15(2,3)20-14(19)12-8-10-13(11-9-12)18-21-16(4,5)17(6,7)22-18;1-11(2,3)19-10(16)8-4-6-9(7-5-8)20-21(17,18)12(13,14)15;1-11(2,3)14-10(13)8-4-6-9(12)7-5-8;1-2-12-9(11)7-3-5-8(10)6-4-7;8-6-3-1-5(2-4-6)7(9)10;1-4(2,3)5;;/h10,12H,8-9,11H2,1-7H3;6,8H,4-5,7H2,1-3H3;8H,4-7H2,1-3H3;7H,2-6H2,1H3;5H,1-4H2,(H,9,10);5H,1-3H3;;1H2/q;;;;;;+1;/p-1. The number of allylic oxidation sites excluding steroid dienone is 4. The monoisotopic (exact) mass is 1260 g/mol. The molecule has 3 N–H and O–H groups in total. The van der Waals surface area contributed by atoms with Gasteiger partial charge in [-0.1, -0.05) is 6.08 Å². The third-order valence-corrected chi connectivity index (χ3v) is 14.7. The van der Waals surface area contributed by atoms with Crippen LogP contribution < -0.4 is 29.6 Å². The summed E-state index contributed by atoms with van der Waals surface area (Å²) in [7, 11) is -5.94. The van der Waals surface area contributed by atoms with Crippen LogP contribution in [0.4, 0.5) is 13.2 Å². The van der Waals surface area contributed by atoms with Crippen LogP contribution in [0, 0.1) is 29.6 Å². The summed E-state index contributed by atoms with van der Waals surface area (Å²) >= 11 is 0. The summed E-state index contributed by atoms with van der Waals surface area (Å²) in [6, 6.07) is 0. The van der Waals surface area contributed by atoms with Crippen molar-refractivity contribution in [1.29, 1.82) is 0 Å². The molecular weight excluding hydrogens is 1160 g/mol. The van der Waals surface area contributed by atoms with Crippen molar-refractivity contribution in [3.8, 4) is 0 Å². The van der Waals surface area contributed by atoms with Crippen LogP contribution in [0.5, 0.6) is 0 Å². The van der Waals surface area contributed by atoms with E-state index < -0.39 is 55.9 Å². The largest absolute Gasteiger partial charge is 1.00 e. The average molecular weight is 1260 g/mol. The second-order valence-electron chi connectivity index (χ2n) is 26.8. The van der Waals surface area contributed by atoms with Crippen molar-refractivity contribution in [1.82, 2.24) is 0 Å². The number of esters is 4. The molecule has 490 valence electrons. The van der Waals surface area contributed by atoms with Crippen LogP contribution >= 0.6 is 0 Å². The van der Waals surface area contributed by atoms with Crippen molar-refractivity contribution in [2.24, 2.45) is 29.6 Å². The first-order valence-electron chi connectivity index (χ1n) is 29.1. The van der Waals surface area contributed by atoms with Gasteiger partial charge in [0.1, 0.15) is 39.9 Å². The molecule has 6 rings (SSSR count). The first-order valence-corrected chi connectivity index (χ1v) is 30.6. The Morgan fingerprint density at radius 2 is 0.860 bits per heavy atom. The maximum atomic E-state index is 12.2. The number of alkyl halides is 3. The molecule has 3 saturated carbocycles. The van der Waals surface area contributed by atoms with E-state index in [0.717, 1.165) is 18.3 Å². The fraction of sp³-hybridized carbons (Fsp3) is 0.800. The van der Waals surface area contributed by atoms with Crippen molar-refractivity contribution >= 4 is 64.4 Å². The number of hydrogen-bond acceptors (Lipinski definition) is 19. The third-order valence-electron chi connectivity index (χ3n) is 13.7. The number of Topliss-reactive ketones (excluding diaryl/α,β-unsaturated/α-hetero) is 3. The summed E-state index contributed by atoms with van der Waals surface area (Å²) in [6.07, 6.45) is 12.6. The molecule has 5 aliphatic carbocycles. The molecule has 1 aliphatic heterocycles. The van der Waals surface area contributed by atoms with E-state index in [1.54, 1.807) is 48.5 Å². The molecule has 0 radical (unpaired) electrons. The molecular formula is C60H99BF3NaO20S. The van der Waals surface area contributed by atoms with Gasteiger partial charge in [-0.3, -0.25) is 38.4 Å². The van der Waals surface area contributed by atoms with Crippen molar-refractivity contribution in [3.63, 3.8) is 0 Å².